The molecule has 0 amide bonds. The topological polar surface area (TPSA) is 210 Å². The highest BCUT2D eigenvalue weighted by Gasteiger charge is 2.50. The van der Waals surface area contributed by atoms with Gasteiger partial charge < -0.3 is 50.0 Å². The standard InChI is InChI=1S/C14H28O2.C14H30O.C11H22O2.C11H20O.C11H24O.C11H18O.C11H22.C8H16O2.2C8H14O.C8H16/c1-10(2)8-13(15)14(7,9-11(3)4)16-12(5)6;1-10(2)8-13(12(5)6)14(7,15)9-11(3)4;1-8(2)6-10(12)11(5,13)7-9(3)4;1-8(2)6-10-11(5,12-10)7-9(3)4;1-8(2)7-10(9(3)4)11(5,6)12;1-8(2)6-10(5)7-11(12)9(3)4;1-9(2)6-7-11(5)8-10(3)4;1-6(2)5-7(9)8(3,4)10;1-6(2)5-7-8(3,4)9-7;1-6(2)5-8(9)7(3)4;1-7(2)5-6-8(3)4/h8,11-13,15H,9H2,1-7H3;10-13,15H,8-9H2,1-7H3;6,9-10,12-13H,7H2,1-5H3;6,9-10H,7H2,1-5H3;8-10,12H,7H2,1-6H3;6-7,9H,1-5H3;7,9-10H,6,8H2,1-5H3;5,7,9-10H,1-4H3;2*5,7H,1-4H3;5,8H,6H2,1-4H3/b;;;;;10-7-;11-7+;;;;. The van der Waals surface area contributed by atoms with Gasteiger partial charge in [-0.15, -0.1) is 0 Å². The highest BCUT2D eigenvalue weighted by molar-refractivity contribution is 5.92. The van der Waals surface area contributed by atoms with Crippen molar-refractivity contribution in [1.82, 2.24) is 0 Å². The van der Waals surface area contributed by atoms with Gasteiger partial charge in [0, 0.05) is 11.8 Å². The normalized spacial score (nSPS) is 17.7. The molecule has 0 saturated carbocycles. The number of aliphatic hydroxyl groups is 7. The minimum atomic E-state index is -1.03. The Morgan fingerprint density at radius 2 is 0.709 bits per heavy atom. The SMILES string of the molecule is C/C(=C\CC(C)C)CC(C)C.CC(C)=C/C(C)=C\C(=O)C(C)C.CC(C)=CC(=O)C(C)C.CC(C)=CC(O)C(C)(C)O.CC(C)=CC(O)C(C)(CC(C)C)OC(C)C.CC(C)=CC(O)C(C)(O)CC(C)C.CC(C)=CC1OC1(C)C.CC(C)=CC1OC1(C)CC(C)C.CC(C)=CCC(C)C.CC(C)CC(C(C)C)C(C)(C)O.CC(C)CC(C(C)C)C(C)(O)CC(C)C. The number of epoxide rings is 2. The van der Waals surface area contributed by atoms with Gasteiger partial charge in [-0.05, 0) is 360 Å². The van der Waals surface area contributed by atoms with Crippen LogP contribution in [0, 0.1) is 88.8 Å². The quantitative estimate of drug-likeness (QED) is 0.0134. The number of ether oxygens (including phenoxy) is 3. The third-order valence-corrected chi connectivity index (χ3v) is 20.1. The number of aliphatic hydroxyl groups excluding tert-OH is 3. The lowest BCUT2D eigenvalue weighted by atomic mass is 9.73. The predicted octanol–water partition coefficient (Wildman–Crippen LogP) is 31.5. The maximum Gasteiger partial charge on any atom is 0.158 e. The molecule has 756 valence electrons. The van der Waals surface area contributed by atoms with Crippen LogP contribution in [-0.2, 0) is 23.8 Å². The average Bonchev–Trinajstić information content (AvgIpc) is 1.63. The molecule has 12 nitrogen and oxygen atoms in total. The van der Waals surface area contributed by atoms with Crippen LogP contribution in [0.1, 0.15) is 446 Å². The van der Waals surface area contributed by atoms with Crippen molar-refractivity contribution in [2.24, 2.45) is 88.8 Å². The van der Waals surface area contributed by atoms with E-state index >= 15 is 0 Å². The largest absolute Gasteiger partial charge is 0.390 e. The lowest BCUT2D eigenvalue weighted by molar-refractivity contribution is -0.131. The summed E-state index contributed by atoms with van der Waals surface area (Å²) in [5.74, 6) is 8.54. The second-order valence-corrected chi connectivity index (χ2v) is 47.0. The first kappa shape index (κ1) is 141. The Morgan fingerprint density at radius 1 is 0.362 bits per heavy atom. The first-order chi connectivity index (χ1) is 56.7. The van der Waals surface area contributed by atoms with Gasteiger partial charge in [0.25, 0.3) is 0 Å². The molecular weight excluding hydrogens is 1570 g/mol. The van der Waals surface area contributed by atoms with E-state index in [4.69, 9.17) is 14.2 Å². The lowest BCUT2D eigenvalue weighted by Gasteiger charge is -2.38. The summed E-state index contributed by atoms with van der Waals surface area (Å²) in [4.78, 5) is 22.1. The third kappa shape index (κ3) is 91.3. The van der Waals surface area contributed by atoms with Gasteiger partial charge >= 0.3 is 0 Å². The summed E-state index contributed by atoms with van der Waals surface area (Å²) in [6.07, 6.45) is 28.0. The van der Waals surface area contributed by atoms with Crippen molar-refractivity contribution in [2.45, 2.75) is 521 Å². The number of carbonyl (C=O) groups is 2. The summed E-state index contributed by atoms with van der Waals surface area (Å²) >= 11 is 0. The van der Waals surface area contributed by atoms with E-state index in [1.54, 1.807) is 50.6 Å². The van der Waals surface area contributed by atoms with Crippen molar-refractivity contribution in [3.05, 3.63) is 116 Å². The van der Waals surface area contributed by atoms with Gasteiger partial charge in [-0.1, -0.05) is 279 Å². The van der Waals surface area contributed by atoms with Crippen molar-refractivity contribution in [3.63, 3.8) is 0 Å². The van der Waals surface area contributed by atoms with E-state index in [0.29, 0.717) is 71.9 Å². The van der Waals surface area contributed by atoms with E-state index in [-0.39, 0.29) is 40.7 Å². The third-order valence-electron chi connectivity index (χ3n) is 20.1. The molecule has 127 heavy (non-hydrogen) atoms. The molecule has 0 spiro atoms. The summed E-state index contributed by atoms with van der Waals surface area (Å²) in [5, 5.41) is 68.7. The van der Waals surface area contributed by atoms with Crippen LogP contribution in [0.4, 0.5) is 0 Å². The Labute approximate surface area is 793 Å². The van der Waals surface area contributed by atoms with Crippen LogP contribution in [0.3, 0.4) is 0 Å². The molecule has 2 saturated heterocycles. The van der Waals surface area contributed by atoms with Gasteiger partial charge in [0.1, 0.15) is 30.5 Å². The second-order valence-electron chi connectivity index (χ2n) is 47.0. The Hall–Kier alpha value is -3.66. The molecule has 0 radical (unpaired) electrons. The van der Waals surface area contributed by atoms with Gasteiger partial charge in [0.05, 0.1) is 45.3 Å². The van der Waals surface area contributed by atoms with Crippen molar-refractivity contribution in [2.75, 3.05) is 0 Å². The predicted molar refractivity (Wildman–Crippen MR) is 563 cm³/mol. The zero-order chi connectivity index (χ0) is 103. The molecule has 11 atom stereocenters. The Bertz CT molecular complexity index is 3110. The molecule has 2 aliphatic rings. The molecule has 11 unspecified atom stereocenters. The summed E-state index contributed by atoms with van der Waals surface area (Å²) in [6, 6.07) is 0. The Kier molecular flexibility index (Phi) is 78.9. The molecule has 7 N–H and O–H groups in total. The molecule has 0 aromatic carbocycles. The van der Waals surface area contributed by atoms with Crippen molar-refractivity contribution in [3.8, 4) is 0 Å². The smallest absolute Gasteiger partial charge is 0.158 e. The zero-order valence-corrected chi connectivity index (χ0v) is 94.9. The number of hydrogen-bond acceptors (Lipinski definition) is 12. The van der Waals surface area contributed by atoms with Crippen molar-refractivity contribution in [1.29, 1.82) is 0 Å². The first-order valence-corrected chi connectivity index (χ1v) is 49.3. The molecule has 0 aromatic heterocycles. The summed E-state index contributed by atoms with van der Waals surface area (Å²) < 4.78 is 16.9. The van der Waals surface area contributed by atoms with E-state index in [9.17, 15) is 45.3 Å². The van der Waals surface area contributed by atoms with Gasteiger partial charge in [-0.25, -0.2) is 0 Å². The number of rotatable bonds is 37. The van der Waals surface area contributed by atoms with Gasteiger partial charge in [-0.3, -0.25) is 9.59 Å². The average molecular weight is 1800 g/mol. The van der Waals surface area contributed by atoms with E-state index in [2.05, 4.69) is 232 Å². The lowest BCUT2D eigenvalue weighted by Crippen LogP contribution is -2.44. The first-order valence-electron chi connectivity index (χ1n) is 49.3. The summed E-state index contributed by atoms with van der Waals surface area (Å²) in [5.41, 5.74) is 8.87. The molecule has 2 aliphatic heterocycles. The van der Waals surface area contributed by atoms with Crippen molar-refractivity contribution < 1.29 is 59.5 Å². The Morgan fingerprint density at radius 3 is 0.953 bits per heavy atom. The highest BCUT2D eigenvalue weighted by Crippen LogP contribution is 2.43. The fourth-order valence-electron chi connectivity index (χ4n) is 14.2. The van der Waals surface area contributed by atoms with Crippen LogP contribution >= 0.6 is 0 Å². The maximum atomic E-state index is 11.2. The second kappa shape index (κ2) is 70.9. The number of hydrogen-bond donors (Lipinski definition) is 7. The van der Waals surface area contributed by atoms with E-state index in [1.165, 1.54) is 48.0 Å². The van der Waals surface area contributed by atoms with Crippen LogP contribution in [0.25, 0.3) is 0 Å². The number of ketones is 2. The Balaban J connectivity index is -0.000000173. The van der Waals surface area contributed by atoms with Crippen LogP contribution < -0.4 is 0 Å². The monoisotopic (exact) mass is 1800 g/mol. The van der Waals surface area contributed by atoms with Crippen LogP contribution in [0.15, 0.2) is 116 Å². The fraction of sp³-hybridized carbons (Fsp3) is 0.809. The van der Waals surface area contributed by atoms with Crippen LogP contribution in [0.2, 0.25) is 0 Å². The molecule has 0 aromatic rings. The van der Waals surface area contributed by atoms with E-state index in [1.807, 2.05) is 171 Å². The minimum Gasteiger partial charge on any atom is -0.390 e. The van der Waals surface area contributed by atoms with Gasteiger partial charge in [0.15, 0.2) is 11.6 Å². The van der Waals surface area contributed by atoms with Crippen LogP contribution in [-0.4, -0.2) is 123 Å². The minimum absolute atomic E-state index is 0.102. The molecular formula is C115H224O12. The maximum absolute atomic E-state index is 11.2. The molecule has 2 fully saturated rings. The van der Waals surface area contributed by atoms with Crippen molar-refractivity contribution >= 4 is 11.6 Å². The molecule has 2 rings (SSSR count). The summed E-state index contributed by atoms with van der Waals surface area (Å²) in [7, 11) is 0. The van der Waals surface area contributed by atoms with Gasteiger partial charge in [0.2, 0.25) is 0 Å². The zero-order valence-electron chi connectivity index (χ0n) is 94.9. The molecule has 12 heteroatoms. The van der Waals surface area contributed by atoms with Gasteiger partial charge in [-0.2, -0.15) is 0 Å². The molecule has 0 aliphatic carbocycles. The van der Waals surface area contributed by atoms with Crippen LogP contribution in [0.5, 0.6) is 0 Å². The molecule has 2 heterocycles. The summed E-state index contributed by atoms with van der Waals surface area (Å²) in [6.45, 7) is 116. The number of allylic oxidation sites excluding steroid dienone is 15. The van der Waals surface area contributed by atoms with E-state index in [0.717, 1.165) is 77.2 Å². The number of carbonyl (C=O) groups excluding carboxylic acids is 2. The fourth-order valence-corrected chi connectivity index (χ4v) is 14.2. The van der Waals surface area contributed by atoms with E-state index < -0.39 is 46.3 Å². The highest BCUT2D eigenvalue weighted by atomic mass is 16.6. The molecule has 0 bridgehead atoms.